The second-order valence-corrected chi connectivity index (χ2v) is 6.83. The van der Waals surface area contributed by atoms with Crippen molar-refractivity contribution in [2.45, 2.75) is 38.8 Å². The number of benzene rings is 1. The fourth-order valence-corrected chi connectivity index (χ4v) is 3.24. The molecule has 0 amide bonds. The van der Waals surface area contributed by atoms with Crippen LogP contribution in [0.5, 0.6) is 0 Å². The van der Waals surface area contributed by atoms with E-state index >= 15 is 0 Å². The number of guanidine groups is 1. The monoisotopic (exact) mass is 369 g/mol. The summed E-state index contributed by atoms with van der Waals surface area (Å²) in [7, 11) is 1.75. The van der Waals surface area contributed by atoms with Gasteiger partial charge in [-0.3, -0.25) is 4.99 Å². The molecule has 1 aromatic heterocycles. The van der Waals surface area contributed by atoms with Crippen molar-refractivity contribution in [1.82, 2.24) is 15.6 Å². The summed E-state index contributed by atoms with van der Waals surface area (Å²) in [4.78, 5) is 11.2. The maximum Gasteiger partial charge on any atom is 0.191 e. The zero-order valence-corrected chi connectivity index (χ0v) is 15.9. The number of pyridine rings is 1. The predicted molar refractivity (Wildman–Crippen MR) is 108 cm³/mol. The van der Waals surface area contributed by atoms with Crippen LogP contribution in [-0.2, 0) is 13.1 Å². The van der Waals surface area contributed by atoms with Crippen molar-refractivity contribution >= 4 is 11.8 Å². The molecule has 0 unspecified atom stereocenters. The molecule has 2 heterocycles. The number of nitrogens with one attached hydrogen (secondary N) is 2. The van der Waals surface area contributed by atoms with Gasteiger partial charge in [0.25, 0.3) is 0 Å². The van der Waals surface area contributed by atoms with Crippen LogP contribution < -0.4 is 15.5 Å². The fraction of sp³-hybridized carbons (Fsp3) is 0.429. The van der Waals surface area contributed by atoms with Gasteiger partial charge >= 0.3 is 0 Å². The standard InChI is InChI=1S/C21H28FN5/c1-23-21(25-15-17-6-8-19(22)9-7-17)26-16-18-10-11-24-20(14-18)27-12-4-2-3-5-13-27/h6-11,14H,2-5,12-13,15-16H2,1H3,(H2,23,25,26). The first-order valence-electron chi connectivity index (χ1n) is 9.63. The minimum atomic E-state index is -0.223. The molecular weight excluding hydrogens is 341 g/mol. The average molecular weight is 369 g/mol. The van der Waals surface area contributed by atoms with E-state index in [2.05, 4.69) is 31.6 Å². The molecule has 27 heavy (non-hydrogen) atoms. The van der Waals surface area contributed by atoms with Gasteiger partial charge in [-0.05, 0) is 48.2 Å². The van der Waals surface area contributed by atoms with E-state index in [1.54, 1.807) is 19.2 Å². The number of halogens is 1. The van der Waals surface area contributed by atoms with Crippen molar-refractivity contribution in [2.75, 3.05) is 25.0 Å². The molecule has 1 aliphatic rings. The summed E-state index contributed by atoms with van der Waals surface area (Å²) in [6, 6.07) is 10.7. The summed E-state index contributed by atoms with van der Waals surface area (Å²) in [5, 5.41) is 6.58. The molecule has 1 aliphatic heterocycles. The van der Waals surface area contributed by atoms with E-state index in [0.717, 1.165) is 24.5 Å². The van der Waals surface area contributed by atoms with E-state index in [1.807, 2.05) is 12.3 Å². The third kappa shape index (κ3) is 5.94. The lowest BCUT2D eigenvalue weighted by molar-refractivity contribution is 0.626. The lowest BCUT2D eigenvalue weighted by Gasteiger charge is -2.22. The summed E-state index contributed by atoms with van der Waals surface area (Å²) in [6.07, 6.45) is 6.99. The highest BCUT2D eigenvalue weighted by molar-refractivity contribution is 5.79. The smallest absolute Gasteiger partial charge is 0.191 e. The Morgan fingerprint density at radius 1 is 1.00 bits per heavy atom. The molecule has 6 heteroatoms. The van der Waals surface area contributed by atoms with E-state index < -0.39 is 0 Å². The molecule has 1 aromatic carbocycles. The second-order valence-electron chi connectivity index (χ2n) is 6.83. The van der Waals surface area contributed by atoms with Gasteiger partial charge in [0.15, 0.2) is 5.96 Å². The Morgan fingerprint density at radius 3 is 2.33 bits per heavy atom. The highest BCUT2D eigenvalue weighted by Gasteiger charge is 2.11. The summed E-state index contributed by atoms with van der Waals surface area (Å²) in [5.41, 5.74) is 2.18. The van der Waals surface area contributed by atoms with Crippen LogP contribution in [0, 0.1) is 5.82 Å². The van der Waals surface area contributed by atoms with Crippen molar-refractivity contribution < 1.29 is 4.39 Å². The number of nitrogens with zero attached hydrogens (tertiary/aromatic N) is 3. The third-order valence-electron chi connectivity index (χ3n) is 4.80. The van der Waals surface area contributed by atoms with Gasteiger partial charge < -0.3 is 15.5 Å². The maximum atomic E-state index is 13.0. The number of rotatable bonds is 5. The Balaban J connectivity index is 1.53. The molecule has 2 N–H and O–H groups in total. The van der Waals surface area contributed by atoms with Crippen LogP contribution in [0.25, 0.3) is 0 Å². The lowest BCUT2D eigenvalue weighted by atomic mass is 10.2. The first-order valence-corrected chi connectivity index (χ1v) is 9.63. The minimum Gasteiger partial charge on any atom is -0.357 e. The van der Waals surface area contributed by atoms with E-state index in [1.165, 1.54) is 43.4 Å². The van der Waals surface area contributed by atoms with Crippen molar-refractivity contribution in [3.05, 3.63) is 59.5 Å². The number of anilines is 1. The van der Waals surface area contributed by atoms with Crippen LogP contribution in [0.4, 0.5) is 10.2 Å². The van der Waals surface area contributed by atoms with Crippen molar-refractivity contribution in [1.29, 1.82) is 0 Å². The predicted octanol–water partition coefficient (Wildman–Crippen LogP) is 3.47. The van der Waals surface area contributed by atoms with Gasteiger partial charge in [-0.2, -0.15) is 0 Å². The molecule has 0 atom stereocenters. The highest BCUT2D eigenvalue weighted by Crippen LogP contribution is 2.18. The largest absolute Gasteiger partial charge is 0.357 e. The Kier molecular flexibility index (Phi) is 7.02. The van der Waals surface area contributed by atoms with Gasteiger partial charge in [0.2, 0.25) is 0 Å². The summed E-state index contributed by atoms with van der Waals surface area (Å²) in [5.74, 6) is 1.55. The molecule has 144 valence electrons. The molecule has 5 nitrogen and oxygen atoms in total. The Bertz CT molecular complexity index is 736. The summed E-state index contributed by atoms with van der Waals surface area (Å²) >= 11 is 0. The van der Waals surface area contributed by atoms with Gasteiger partial charge in [0.1, 0.15) is 11.6 Å². The van der Waals surface area contributed by atoms with Gasteiger partial charge in [0.05, 0.1) is 0 Å². The molecular formula is C21H28FN5. The quantitative estimate of drug-likeness (QED) is 0.626. The van der Waals surface area contributed by atoms with Crippen LogP contribution in [0.3, 0.4) is 0 Å². The normalized spacial score (nSPS) is 15.3. The molecule has 1 fully saturated rings. The topological polar surface area (TPSA) is 52.6 Å². The van der Waals surface area contributed by atoms with Crippen LogP contribution in [0.2, 0.25) is 0 Å². The lowest BCUT2D eigenvalue weighted by Crippen LogP contribution is -2.36. The number of hydrogen-bond donors (Lipinski definition) is 2. The van der Waals surface area contributed by atoms with Crippen molar-refractivity contribution in [3.63, 3.8) is 0 Å². The highest BCUT2D eigenvalue weighted by atomic mass is 19.1. The molecule has 1 saturated heterocycles. The Hall–Kier alpha value is -2.63. The van der Waals surface area contributed by atoms with E-state index in [4.69, 9.17) is 0 Å². The first-order chi connectivity index (χ1) is 13.2. The zero-order valence-electron chi connectivity index (χ0n) is 15.9. The molecule has 3 rings (SSSR count). The number of aliphatic imine (C=N–C) groups is 1. The molecule has 0 aliphatic carbocycles. The SMILES string of the molecule is CN=C(NCc1ccc(F)cc1)NCc1ccnc(N2CCCCCC2)c1. The zero-order chi connectivity index (χ0) is 18.9. The molecule has 0 spiro atoms. The van der Waals surface area contributed by atoms with Gasteiger partial charge in [0, 0.05) is 39.4 Å². The Morgan fingerprint density at radius 2 is 1.67 bits per heavy atom. The van der Waals surface area contributed by atoms with Gasteiger partial charge in [-0.25, -0.2) is 9.37 Å². The molecule has 0 bridgehead atoms. The van der Waals surface area contributed by atoms with E-state index in [-0.39, 0.29) is 5.82 Å². The summed E-state index contributed by atoms with van der Waals surface area (Å²) < 4.78 is 13.0. The summed E-state index contributed by atoms with van der Waals surface area (Å²) in [6.45, 7) is 3.44. The number of hydrogen-bond acceptors (Lipinski definition) is 3. The van der Waals surface area contributed by atoms with Crippen LogP contribution in [0.1, 0.15) is 36.8 Å². The van der Waals surface area contributed by atoms with E-state index in [0.29, 0.717) is 19.0 Å². The molecule has 2 aromatic rings. The fourth-order valence-electron chi connectivity index (χ4n) is 3.24. The average Bonchev–Trinajstić information content (AvgIpc) is 2.99. The Labute approximate surface area is 160 Å². The molecule has 0 saturated carbocycles. The van der Waals surface area contributed by atoms with Gasteiger partial charge in [-0.15, -0.1) is 0 Å². The van der Waals surface area contributed by atoms with Crippen molar-refractivity contribution in [3.8, 4) is 0 Å². The first kappa shape index (κ1) is 19.1. The van der Waals surface area contributed by atoms with E-state index in [9.17, 15) is 4.39 Å². The van der Waals surface area contributed by atoms with Crippen LogP contribution in [0.15, 0.2) is 47.6 Å². The second kappa shape index (κ2) is 9.90. The van der Waals surface area contributed by atoms with Crippen molar-refractivity contribution in [2.24, 2.45) is 4.99 Å². The van der Waals surface area contributed by atoms with Crippen LogP contribution in [-0.4, -0.2) is 31.1 Å². The van der Waals surface area contributed by atoms with Crippen LogP contribution >= 0.6 is 0 Å². The maximum absolute atomic E-state index is 13.0. The third-order valence-corrected chi connectivity index (χ3v) is 4.80. The number of aromatic nitrogens is 1. The molecule has 0 radical (unpaired) electrons. The minimum absolute atomic E-state index is 0.223. The van der Waals surface area contributed by atoms with Gasteiger partial charge in [-0.1, -0.05) is 25.0 Å².